The maximum absolute atomic E-state index is 11.0. The minimum atomic E-state index is -1.10. The predicted molar refractivity (Wildman–Crippen MR) is 75.8 cm³/mol. The van der Waals surface area contributed by atoms with Crippen LogP contribution >= 0.6 is 11.6 Å². The Hall–Kier alpha value is -1.29. The second-order valence-electron chi connectivity index (χ2n) is 5.35. The third kappa shape index (κ3) is 3.18. The summed E-state index contributed by atoms with van der Waals surface area (Å²) in [7, 11) is 0. The van der Waals surface area contributed by atoms with Gasteiger partial charge in [-0.05, 0) is 30.4 Å². The smallest absolute Gasteiger partial charge is 0.356 e. The zero-order valence-electron chi connectivity index (χ0n) is 11.2. The summed E-state index contributed by atoms with van der Waals surface area (Å²) < 4.78 is 0. The number of hydrogen-bond donors (Lipinski definition) is 2. The first-order valence-electron chi connectivity index (χ1n) is 6.65. The molecule has 0 bridgehead atoms. The van der Waals surface area contributed by atoms with Gasteiger partial charge in [0, 0.05) is 6.04 Å². The number of hydrogen-bond acceptors (Lipinski definition) is 3. The van der Waals surface area contributed by atoms with Crippen LogP contribution in [0.15, 0.2) is 12.1 Å². The third-order valence-electron chi connectivity index (χ3n) is 4.09. The maximum Gasteiger partial charge on any atom is 0.356 e. The van der Waals surface area contributed by atoms with Gasteiger partial charge in [0.1, 0.15) is 5.82 Å². The van der Waals surface area contributed by atoms with E-state index in [9.17, 15) is 4.79 Å². The van der Waals surface area contributed by atoms with Gasteiger partial charge >= 0.3 is 5.97 Å². The topological polar surface area (TPSA) is 62.2 Å². The van der Waals surface area contributed by atoms with Gasteiger partial charge in [-0.15, -0.1) is 0 Å². The summed E-state index contributed by atoms with van der Waals surface area (Å²) in [4.78, 5) is 15.1. The van der Waals surface area contributed by atoms with Crippen molar-refractivity contribution in [3.8, 4) is 0 Å². The maximum atomic E-state index is 11.0. The predicted octanol–water partition coefficient (Wildman–Crippen LogP) is 3.67. The number of pyridine rings is 1. The number of rotatable bonds is 3. The summed E-state index contributed by atoms with van der Waals surface area (Å²) >= 11 is 5.81. The minimum Gasteiger partial charge on any atom is -0.476 e. The van der Waals surface area contributed by atoms with Crippen molar-refractivity contribution < 1.29 is 9.90 Å². The highest BCUT2D eigenvalue weighted by atomic mass is 35.5. The lowest BCUT2D eigenvalue weighted by Gasteiger charge is -2.35. The Labute approximate surface area is 118 Å². The highest BCUT2D eigenvalue weighted by molar-refractivity contribution is 6.33. The molecule has 0 spiro atoms. The van der Waals surface area contributed by atoms with E-state index in [0.29, 0.717) is 23.7 Å². The van der Waals surface area contributed by atoms with Crippen molar-refractivity contribution in [3.05, 3.63) is 22.8 Å². The van der Waals surface area contributed by atoms with Gasteiger partial charge in [0.25, 0.3) is 0 Å². The molecule has 0 aliphatic heterocycles. The molecule has 0 amide bonds. The van der Waals surface area contributed by atoms with Crippen LogP contribution in [0.25, 0.3) is 0 Å². The SMILES string of the molecule is CC1CCCC(Nc2ccc(Cl)c(C(=O)O)n2)C1C. The third-order valence-corrected chi connectivity index (χ3v) is 4.39. The van der Waals surface area contributed by atoms with Crippen molar-refractivity contribution >= 4 is 23.4 Å². The molecule has 0 saturated heterocycles. The molecule has 1 aliphatic rings. The molecule has 104 valence electrons. The lowest BCUT2D eigenvalue weighted by molar-refractivity contribution is 0.0691. The number of halogens is 1. The first-order valence-corrected chi connectivity index (χ1v) is 7.03. The monoisotopic (exact) mass is 282 g/mol. The molecular weight excluding hydrogens is 264 g/mol. The van der Waals surface area contributed by atoms with E-state index in [1.165, 1.54) is 12.8 Å². The average Bonchev–Trinajstić information content (AvgIpc) is 2.37. The van der Waals surface area contributed by atoms with Gasteiger partial charge in [0.15, 0.2) is 5.69 Å². The van der Waals surface area contributed by atoms with E-state index in [1.807, 2.05) is 0 Å². The van der Waals surface area contributed by atoms with Crippen LogP contribution in [-0.2, 0) is 0 Å². The molecule has 4 nitrogen and oxygen atoms in total. The van der Waals surface area contributed by atoms with Crippen LogP contribution in [0.3, 0.4) is 0 Å². The number of nitrogens with one attached hydrogen (secondary N) is 1. The fourth-order valence-electron chi connectivity index (χ4n) is 2.65. The van der Waals surface area contributed by atoms with Gasteiger partial charge in [-0.25, -0.2) is 9.78 Å². The molecule has 1 aromatic heterocycles. The van der Waals surface area contributed by atoms with E-state index >= 15 is 0 Å². The lowest BCUT2D eigenvalue weighted by atomic mass is 9.78. The molecule has 1 heterocycles. The summed E-state index contributed by atoms with van der Waals surface area (Å²) in [5, 5.41) is 12.5. The van der Waals surface area contributed by atoms with Gasteiger partial charge in [-0.1, -0.05) is 38.3 Å². The Kier molecular flexibility index (Phi) is 4.30. The normalized spacial score (nSPS) is 27.0. The number of aromatic carboxylic acids is 1. The Bertz CT molecular complexity index is 479. The molecule has 1 fully saturated rings. The quantitative estimate of drug-likeness (QED) is 0.888. The zero-order chi connectivity index (χ0) is 14.0. The van der Waals surface area contributed by atoms with Crippen molar-refractivity contribution in [2.75, 3.05) is 5.32 Å². The van der Waals surface area contributed by atoms with Crippen LogP contribution in [0, 0.1) is 11.8 Å². The largest absolute Gasteiger partial charge is 0.476 e. The fourth-order valence-corrected chi connectivity index (χ4v) is 2.83. The number of carboxylic acid groups (broad SMARTS) is 1. The van der Waals surface area contributed by atoms with E-state index in [1.54, 1.807) is 12.1 Å². The van der Waals surface area contributed by atoms with E-state index in [0.717, 1.165) is 6.42 Å². The number of carboxylic acids is 1. The van der Waals surface area contributed by atoms with E-state index < -0.39 is 5.97 Å². The molecular formula is C14H19ClN2O2. The first-order chi connectivity index (χ1) is 8.99. The van der Waals surface area contributed by atoms with Gasteiger partial charge in [-0.3, -0.25) is 0 Å². The summed E-state index contributed by atoms with van der Waals surface area (Å²) in [5.74, 6) is 0.725. The molecule has 2 rings (SSSR count). The summed E-state index contributed by atoms with van der Waals surface area (Å²) in [6.45, 7) is 4.49. The molecule has 0 aromatic carbocycles. The molecule has 1 saturated carbocycles. The summed E-state index contributed by atoms with van der Waals surface area (Å²) in [6, 6.07) is 3.66. The molecule has 1 aliphatic carbocycles. The molecule has 3 unspecified atom stereocenters. The van der Waals surface area contributed by atoms with Crippen LogP contribution in [0.2, 0.25) is 5.02 Å². The summed E-state index contributed by atoms with van der Waals surface area (Å²) in [5.41, 5.74) is -0.0943. The van der Waals surface area contributed by atoms with Gasteiger partial charge in [0.2, 0.25) is 0 Å². The molecule has 2 N–H and O–H groups in total. The minimum absolute atomic E-state index is 0.0943. The average molecular weight is 283 g/mol. The van der Waals surface area contributed by atoms with Crippen molar-refractivity contribution in [1.82, 2.24) is 4.98 Å². The van der Waals surface area contributed by atoms with Gasteiger partial charge in [-0.2, -0.15) is 0 Å². The Morgan fingerprint density at radius 1 is 1.42 bits per heavy atom. The zero-order valence-corrected chi connectivity index (χ0v) is 11.9. The van der Waals surface area contributed by atoms with Crippen molar-refractivity contribution in [2.24, 2.45) is 11.8 Å². The van der Waals surface area contributed by atoms with Gasteiger partial charge < -0.3 is 10.4 Å². The van der Waals surface area contributed by atoms with E-state index in [-0.39, 0.29) is 10.7 Å². The number of aromatic nitrogens is 1. The molecule has 5 heteroatoms. The lowest BCUT2D eigenvalue weighted by Crippen LogP contribution is -2.35. The van der Waals surface area contributed by atoms with Crippen LogP contribution in [0.1, 0.15) is 43.6 Å². The van der Waals surface area contributed by atoms with Crippen molar-refractivity contribution in [1.29, 1.82) is 0 Å². The van der Waals surface area contributed by atoms with Crippen LogP contribution < -0.4 is 5.32 Å². The Balaban J connectivity index is 2.15. The number of nitrogens with zero attached hydrogens (tertiary/aromatic N) is 1. The van der Waals surface area contributed by atoms with Crippen LogP contribution in [-0.4, -0.2) is 22.1 Å². The standard InChI is InChI=1S/C14H19ClN2O2/c1-8-4-3-5-11(9(8)2)16-12-7-6-10(15)13(17-12)14(18)19/h6-9,11H,3-5H2,1-2H3,(H,16,17)(H,18,19). The van der Waals surface area contributed by atoms with Crippen LogP contribution in [0.5, 0.6) is 0 Å². The Morgan fingerprint density at radius 2 is 2.16 bits per heavy atom. The first kappa shape index (κ1) is 14.1. The molecule has 0 radical (unpaired) electrons. The van der Waals surface area contributed by atoms with Crippen molar-refractivity contribution in [3.63, 3.8) is 0 Å². The molecule has 1 aromatic rings. The van der Waals surface area contributed by atoms with E-state index in [2.05, 4.69) is 24.1 Å². The summed E-state index contributed by atoms with van der Waals surface area (Å²) in [6.07, 6.45) is 3.55. The second-order valence-corrected chi connectivity index (χ2v) is 5.76. The highest BCUT2D eigenvalue weighted by Crippen LogP contribution is 2.31. The van der Waals surface area contributed by atoms with E-state index in [4.69, 9.17) is 16.7 Å². The fraction of sp³-hybridized carbons (Fsp3) is 0.571. The van der Waals surface area contributed by atoms with Crippen LogP contribution in [0.4, 0.5) is 5.82 Å². The highest BCUT2D eigenvalue weighted by Gasteiger charge is 2.27. The van der Waals surface area contributed by atoms with Gasteiger partial charge in [0.05, 0.1) is 5.02 Å². The number of carbonyl (C=O) groups is 1. The Morgan fingerprint density at radius 3 is 2.84 bits per heavy atom. The number of anilines is 1. The van der Waals surface area contributed by atoms with Crippen molar-refractivity contribution in [2.45, 2.75) is 39.2 Å². The molecule has 19 heavy (non-hydrogen) atoms. The second kappa shape index (κ2) is 5.78. The molecule has 3 atom stereocenters.